The summed E-state index contributed by atoms with van der Waals surface area (Å²) in [7, 11) is 1.96. The fourth-order valence-corrected chi connectivity index (χ4v) is 4.62. The fraction of sp³-hybridized carbons (Fsp3) is 0.667. The van der Waals surface area contributed by atoms with Gasteiger partial charge in [-0.1, -0.05) is 11.6 Å². The Morgan fingerprint density at radius 2 is 2.05 bits per heavy atom. The predicted molar refractivity (Wildman–Crippen MR) is 83.5 cm³/mol. The predicted octanol–water partition coefficient (Wildman–Crippen LogP) is 3.25. The lowest BCUT2D eigenvalue weighted by atomic mass is 9.97. The third-order valence-electron chi connectivity index (χ3n) is 4.73. The van der Waals surface area contributed by atoms with E-state index >= 15 is 0 Å². The first kappa shape index (κ1) is 14.4. The Morgan fingerprint density at radius 1 is 1.40 bits per heavy atom. The van der Waals surface area contributed by atoms with Gasteiger partial charge in [-0.15, -0.1) is 11.3 Å². The summed E-state index contributed by atoms with van der Waals surface area (Å²) in [4.78, 5) is 15.7. The molecule has 3 unspecified atom stereocenters. The molecule has 3 heterocycles. The Bertz CT molecular complexity index is 492. The Morgan fingerprint density at radius 3 is 2.60 bits per heavy atom. The molecule has 3 rings (SSSR count). The van der Waals surface area contributed by atoms with E-state index in [1.165, 1.54) is 24.2 Å². The van der Waals surface area contributed by atoms with Gasteiger partial charge in [0, 0.05) is 30.1 Å². The maximum absolute atomic E-state index is 12.7. The lowest BCUT2D eigenvalue weighted by Crippen LogP contribution is -2.49. The van der Waals surface area contributed by atoms with Crippen LogP contribution >= 0.6 is 22.9 Å². The molecule has 0 aliphatic carbocycles. The number of rotatable bonds is 3. The zero-order chi connectivity index (χ0) is 14.3. The average Bonchev–Trinajstić information content (AvgIpc) is 3.02. The van der Waals surface area contributed by atoms with Gasteiger partial charge in [-0.2, -0.15) is 0 Å². The van der Waals surface area contributed by atoms with E-state index in [9.17, 15) is 4.79 Å². The van der Waals surface area contributed by atoms with Gasteiger partial charge in [0.2, 0.25) is 5.91 Å². The number of halogens is 1. The average molecular weight is 313 g/mol. The number of nitrogens with one attached hydrogen (secondary N) is 1. The van der Waals surface area contributed by atoms with Gasteiger partial charge >= 0.3 is 0 Å². The van der Waals surface area contributed by atoms with E-state index in [0.29, 0.717) is 18.1 Å². The summed E-state index contributed by atoms with van der Waals surface area (Å²) in [5.41, 5.74) is 0. The summed E-state index contributed by atoms with van der Waals surface area (Å²) in [6, 6.07) is 5.45. The molecule has 3 atom stereocenters. The Kier molecular flexibility index (Phi) is 4.07. The van der Waals surface area contributed by atoms with Crippen molar-refractivity contribution in [2.45, 2.75) is 56.7 Å². The molecule has 0 radical (unpaired) electrons. The first-order valence-corrected chi connectivity index (χ1v) is 8.52. The number of carbonyl (C=O) groups excluding carboxylic acids is 1. The van der Waals surface area contributed by atoms with Crippen molar-refractivity contribution in [1.82, 2.24) is 10.2 Å². The Hall–Kier alpha value is -0.580. The second kappa shape index (κ2) is 5.66. The first-order valence-electron chi connectivity index (χ1n) is 7.32. The summed E-state index contributed by atoms with van der Waals surface area (Å²) >= 11 is 7.48. The molecule has 2 fully saturated rings. The summed E-state index contributed by atoms with van der Waals surface area (Å²) in [5, 5.41) is 3.62. The van der Waals surface area contributed by atoms with Crippen molar-refractivity contribution < 1.29 is 4.79 Å². The Labute approximate surface area is 129 Å². The van der Waals surface area contributed by atoms with Crippen molar-refractivity contribution in [3.63, 3.8) is 0 Å². The third-order valence-corrected chi connectivity index (χ3v) is 6.15. The summed E-state index contributed by atoms with van der Waals surface area (Å²) in [6.45, 7) is 1.98. The molecule has 3 nitrogen and oxygen atoms in total. The van der Waals surface area contributed by atoms with E-state index in [1.54, 1.807) is 0 Å². The topological polar surface area (TPSA) is 32.3 Å². The molecule has 1 N–H and O–H groups in total. The second-order valence-corrected chi connectivity index (χ2v) is 7.82. The van der Waals surface area contributed by atoms with Crippen molar-refractivity contribution in [2.75, 3.05) is 7.05 Å². The number of nitrogens with zero attached hydrogens (tertiary/aromatic N) is 1. The highest BCUT2D eigenvalue weighted by Gasteiger charge is 2.37. The van der Waals surface area contributed by atoms with E-state index in [4.69, 9.17) is 11.6 Å². The highest BCUT2D eigenvalue weighted by Crippen LogP contribution is 2.33. The van der Waals surface area contributed by atoms with E-state index < -0.39 is 0 Å². The highest BCUT2D eigenvalue weighted by atomic mass is 35.5. The van der Waals surface area contributed by atoms with E-state index in [0.717, 1.165) is 22.1 Å². The van der Waals surface area contributed by atoms with Crippen molar-refractivity contribution in [2.24, 2.45) is 0 Å². The molecule has 0 aromatic carbocycles. The molecular weight excluding hydrogens is 292 g/mol. The van der Waals surface area contributed by atoms with E-state index in [1.807, 2.05) is 31.0 Å². The van der Waals surface area contributed by atoms with Crippen LogP contribution in [0.3, 0.4) is 0 Å². The molecule has 1 aromatic heterocycles. The molecule has 1 amide bonds. The minimum Gasteiger partial charge on any atom is -0.342 e. The van der Waals surface area contributed by atoms with Crippen molar-refractivity contribution in [1.29, 1.82) is 0 Å². The van der Waals surface area contributed by atoms with Crippen molar-refractivity contribution in [3.8, 4) is 0 Å². The molecule has 110 valence electrons. The van der Waals surface area contributed by atoms with Gasteiger partial charge in [0.1, 0.15) is 0 Å². The standard InChI is InChI=1S/C15H21ClN2OS/c1-9(13-5-6-14(16)20-13)15(19)18(2)12-7-10-3-4-11(8-12)17-10/h5-6,9-12,17H,3-4,7-8H2,1-2H3. The first-order chi connectivity index (χ1) is 9.54. The van der Waals surface area contributed by atoms with Gasteiger partial charge in [0.25, 0.3) is 0 Å². The number of piperidine rings is 1. The number of thiophene rings is 1. The van der Waals surface area contributed by atoms with Crippen molar-refractivity contribution in [3.05, 3.63) is 21.3 Å². The van der Waals surface area contributed by atoms with Gasteiger partial charge in [0.15, 0.2) is 0 Å². The van der Waals surface area contributed by atoms with Crippen LogP contribution in [0.2, 0.25) is 4.34 Å². The van der Waals surface area contributed by atoms with Gasteiger partial charge in [-0.25, -0.2) is 0 Å². The number of likely N-dealkylation sites (N-methyl/N-ethyl adjacent to an activating group) is 1. The molecule has 2 aliphatic heterocycles. The van der Waals surface area contributed by atoms with Crippen LogP contribution in [-0.4, -0.2) is 36.0 Å². The summed E-state index contributed by atoms with van der Waals surface area (Å²) < 4.78 is 0.752. The number of carbonyl (C=O) groups is 1. The fourth-order valence-electron chi connectivity index (χ4n) is 3.51. The smallest absolute Gasteiger partial charge is 0.230 e. The maximum Gasteiger partial charge on any atom is 0.230 e. The van der Waals surface area contributed by atoms with E-state index in [-0.39, 0.29) is 11.8 Å². The molecular formula is C15H21ClN2OS. The highest BCUT2D eigenvalue weighted by molar-refractivity contribution is 7.16. The second-order valence-electron chi connectivity index (χ2n) is 6.08. The molecule has 5 heteroatoms. The van der Waals surface area contributed by atoms with Crippen LogP contribution in [0.25, 0.3) is 0 Å². The largest absolute Gasteiger partial charge is 0.342 e. The number of hydrogen-bond donors (Lipinski definition) is 1. The number of amides is 1. The normalized spacial score (nSPS) is 30.2. The minimum atomic E-state index is -0.0926. The van der Waals surface area contributed by atoms with Gasteiger partial charge < -0.3 is 10.2 Å². The summed E-state index contributed by atoms with van der Waals surface area (Å²) in [5.74, 6) is 0.125. The molecule has 1 aromatic rings. The molecule has 20 heavy (non-hydrogen) atoms. The number of hydrogen-bond acceptors (Lipinski definition) is 3. The molecule has 0 spiro atoms. The van der Waals surface area contributed by atoms with Gasteiger partial charge in [-0.3, -0.25) is 4.79 Å². The van der Waals surface area contributed by atoms with Crippen LogP contribution in [0.5, 0.6) is 0 Å². The lowest BCUT2D eigenvalue weighted by molar-refractivity contribution is -0.133. The molecule has 2 saturated heterocycles. The van der Waals surface area contributed by atoms with Gasteiger partial charge in [-0.05, 0) is 44.7 Å². The molecule has 0 saturated carbocycles. The van der Waals surface area contributed by atoms with Crippen LogP contribution in [-0.2, 0) is 4.79 Å². The van der Waals surface area contributed by atoms with Crippen LogP contribution in [0, 0.1) is 0 Å². The van der Waals surface area contributed by atoms with Crippen LogP contribution in [0.1, 0.15) is 43.4 Å². The Balaban J connectivity index is 1.67. The number of fused-ring (bicyclic) bond motifs is 2. The zero-order valence-corrected chi connectivity index (χ0v) is 13.5. The quantitative estimate of drug-likeness (QED) is 0.929. The molecule has 2 aliphatic rings. The van der Waals surface area contributed by atoms with Gasteiger partial charge in [0.05, 0.1) is 10.3 Å². The maximum atomic E-state index is 12.7. The van der Waals surface area contributed by atoms with Crippen LogP contribution < -0.4 is 5.32 Å². The molecule has 2 bridgehead atoms. The summed E-state index contributed by atoms with van der Waals surface area (Å²) in [6.07, 6.45) is 4.71. The lowest BCUT2D eigenvalue weighted by Gasteiger charge is -2.36. The van der Waals surface area contributed by atoms with Crippen LogP contribution in [0.15, 0.2) is 12.1 Å². The minimum absolute atomic E-state index is 0.0926. The SMILES string of the molecule is CC(C(=O)N(C)C1CC2CCC(C1)N2)c1ccc(Cl)s1. The monoisotopic (exact) mass is 312 g/mol. The third kappa shape index (κ3) is 2.74. The van der Waals surface area contributed by atoms with E-state index in [2.05, 4.69) is 5.32 Å². The zero-order valence-electron chi connectivity index (χ0n) is 11.9. The van der Waals surface area contributed by atoms with Crippen LogP contribution in [0.4, 0.5) is 0 Å². The van der Waals surface area contributed by atoms with Crippen molar-refractivity contribution >= 4 is 28.8 Å².